The second-order valence-electron chi connectivity index (χ2n) is 6.12. The summed E-state index contributed by atoms with van der Waals surface area (Å²) in [5, 5.41) is 13.2. The first-order chi connectivity index (χ1) is 9.61. The van der Waals surface area contributed by atoms with E-state index in [2.05, 4.69) is 48.3 Å². The molecule has 0 saturated carbocycles. The van der Waals surface area contributed by atoms with Crippen LogP contribution < -0.4 is 5.32 Å². The van der Waals surface area contributed by atoms with Gasteiger partial charge in [-0.05, 0) is 50.4 Å². The zero-order chi connectivity index (χ0) is 14.5. The highest BCUT2D eigenvalue weighted by atomic mass is 16.3. The summed E-state index contributed by atoms with van der Waals surface area (Å²) < 4.78 is 0. The Labute approximate surface area is 123 Å². The largest absolute Gasteiger partial charge is 0.393 e. The van der Waals surface area contributed by atoms with Crippen molar-refractivity contribution >= 4 is 0 Å². The minimum absolute atomic E-state index is 0.109. The lowest BCUT2D eigenvalue weighted by molar-refractivity contribution is 0.0338. The van der Waals surface area contributed by atoms with Crippen LogP contribution in [0.2, 0.25) is 0 Å². The molecule has 0 radical (unpaired) electrons. The Morgan fingerprint density at radius 3 is 2.80 bits per heavy atom. The maximum Gasteiger partial charge on any atom is 0.0590 e. The molecule has 0 aromatic heterocycles. The van der Waals surface area contributed by atoms with Crippen LogP contribution in [0.4, 0.5) is 0 Å². The molecule has 2 N–H and O–H groups in total. The second-order valence-corrected chi connectivity index (χ2v) is 6.12. The van der Waals surface area contributed by atoms with Crippen LogP contribution in [0, 0.1) is 12.8 Å². The molecule has 0 aliphatic carbocycles. The molecular weight excluding hydrogens is 248 g/mol. The monoisotopic (exact) mass is 276 g/mol. The normalized spacial score (nSPS) is 25.6. The van der Waals surface area contributed by atoms with Gasteiger partial charge in [-0.2, -0.15) is 0 Å². The van der Waals surface area contributed by atoms with Crippen molar-refractivity contribution in [3.63, 3.8) is 0 Å². The van der Waals surface area contributed by atoms with Crippen molar-refractivity contribution in [2.24, 2.45) is 5.92 Å². The van der Waals surface area contributed by atoms with Gasteiger partial charge in [0.25, 0.3) is 0 Å². The topological polar surface area (TPSA) is 35.5 Å². The van der Waals surface area contributed by atoms with E-state index in [9.17, 15) is 5.11 Å². The standard InChI is InChI=1S/C17H28N2O/c1-13-6-4-5-7-15(13)16(18-3)8-10-19-11-9-17(20)14(2)12-19/h4-7,14,16-18,20H,8-12H2,1-3H3. The van der Waals surface area contributed by atoms with Gasteiger partial charge in [0.2, 0.25) is 0 Å². The fourth-order valence-corrected chi connectivity index (χ4v) is 3.17. The molecule has 1 aromatic carbocycles. The van der Waals surface area contributed by atoms with Crippen LogP contribution in [0.15, 0.2) is 24.3 Å². The van der Waals surface area contributed by atoms with Gasteiger partial charge in [-0.25, -0.2) is 0 Å². The first-order valence-electron chi connectivity index (χ1n) is 7.75. The van der Waals surface area contributed by atoms with Crippen molar-refractivity contribution in [3.05, 3.63) is 35.4 Å². The lowest BCUT2D eigenvalue weighted by atomic mass is 9.95. The molecule has 0 spiro atoms. The lowest BCUT2D eigenvalue weighted by Gasteiger charge is -2.35. The smallest absolute Gasteiger partial charge is 0.0590 e. The van der Waals surface area contributed by atoms with E-state index in [4.69, 9.17) is 0 Å². The lowest BCUT2D eigenvalue weighted by Crippen LogP contribution is -2.42. The van der Waals surface area contributed by atoms with E-state index in [1.807, 2.05) is 7.05 Å². The maximum atomic E-state index is 9.79. The van der Waals surface area contributed by atoms with Crippen molar-refractivity contribution in [1.29, 1.82) is 0 Å². The number of aliphatic hydroxyl groups is 1. The Morgan fingerprint density at radius 2 is 2.15 bits per heavy atom. The molecule has 3 atom stereocenters. The molecule has 20 heavy (non-hydrogen) atoms. The summed E-state index contributed by atoms with van der Waals surface area (Å²) in [4.78, 5) is 2.49. The Hall–Kier alpha value is -0.900. The van der Waals surface area contributed by atoms with Crippen molar-refractivity contribution in [3.8, 4) is 0 Å². The number of likely N-dealkylation sites (tertiary alicyclic amines) is 1. The average Bonchev–Trinajstić information content (AvgIpc) is 2.45. The van der Waals surface area contributed by atoms with Crippen LogP contribution in [0.1, 0.15) is 36.9 Å². The fraction of sp³-hybridized carbons (Fsp3) is 0.647. The minimum atomic E-state index is -0.109. The van der Waals surface area contributed by atoms with Crippen LogP contribution in [0.25, 0.3) is 0 Å². The van der Waals surface area contributed by atoms with Crippen molar-refractivity contribution in [1.82, 2.24) is 10.2 Å². The van der Waals surface area contributed by atoms with Gasteiger partial charge in [0, 0.05) is 19.1 Å². The quantitative estimate of drug-likeness (QED) is 0.866. The number of hydrogen-bond acceptors (Lipinski definition) is 3. The molecule has 2 rings (SSSR count). The van der Waals surface area contributed by atoms with E-state index in [-0.39, 0.29) is 6.10 Å². The predicted octanol–water partition coefficient (Wildman–Crippen LogP) is 2.35. The van der Waals surface area contributed by atoms with E-state index < -0.39 is 0 Å². The van der Waals surface area contributed by atoms with Crippen molar-refractivity contribution in [2.45, 2.75) is 38.8 Å². The molecule has 1 aromatic rings. The molecule has 3 unspecified atom stereocenters. The highest BCUT2D eigenvalue weighted by Gasteiger charge is 2.24. The molecule has 1 heterocycles. The van der Waals surface area contributed by atoms with Crippen molar-refractivity contribution in [2.75, 3.05) is 26.7 Å². The Bertz CT molecular complexity index is 421. The van der Waals surface area contributed by atoms with Gasteiger partial charge in [-0.15, -0.1) is 0 Å². The van der Waals surface area contributed by atoms with Gasteiger partial charge in [0.1, 0.15) is 0 Å². The molecule has 1 aliphatic rings. The average molecular weight is 276 g/mol. The Kier molecular flexibility index (Phi) is 5.58. The molecule has 1 saturated heterocycles. The third-order valence-corrected chi connectivity index (χ3v) is 4.59. The number of aliphatic hydroxyl groups excluding tert-OH is 1. The van der Waals surface area contributed by atoms with Gasteiger partial charge >= 0.3 is 0 Å². The van der Waals surface area contributed by atoms with Gasteiger partial charge in [0.05, 0.1) is 6.10 Å². The van der Waals surface area contributed by atoms with Crippen LogP contribution in [0.3, 0.4) is 0 Å². The van der Waals surface area contributed by atoms with Crippen LogP contribution in [-0.2, 0) is 0 Å². The first kappa shape index (κ1) is 15.5. The minimum Gasteiger partial charge on any atom is -0.393 e. The molecule has 1 fully saturated rings. The Balaban J connectivity index is 1.90. The Morgan fingerprint density at radius 1 is 1.40 bits per heavy atom. The summed E-state index contributed by atoms with van der Waals surface area (Å²) >= 11 is 0. The highest BCUT2D eigenvalue weighted by molar-refractivity contribution is 5.28. The number of rotatable bonds is 5. The third kappa shape index (κ3) is 3.81. The van der Waals surface area contributed by atoms with E-state index in [0.29, 0.717) is 12.0 Å². The van der Waals surface area contributed by atoms with Crippen LogP contribution in [-0.4, -0.2) is 42.8 Å². The van der Waals surface area contributed by atoms with Gasteiger partial charge in [0.15, 0.2) is 0 Å². The summed E-state index contributed by atoms with van der Waals surface area (Å²) in [7, 11) is 2.04. The van der Waals surface area contributed by atoms with Gasteiger partial charge in [-0.3, -0.25) is 0 Å². The molecule has 0 amide bonds. The summed E-state index contributed by atoms with van der Waals surface area (Å²) in [6.07, 6.45) is 1.92. The first-order valence-corrected chi connectivity index (χ1v) is 7.75. The SMILES string of the molecule is CNC(CCN1CCC(O)C(C)C1)c1ccccc1C. The summed E-state index contributed by atoms with van der Waals surface area (Å²) in [6, 6.07) is 9.03. The number of nitrogens with zero attached hydrogens (tertiary/aromatic N) is 1. The number of aryl methyl sites for hydroxylation is 1. The maximum absolute atomic E-state index is 9.79. The molecule has 3 nitrogen and oxygen atoms in total. The van der Waals surface area contributed by atoms with Gasteiger partial charge < -0.3 is 15.3 Å². The number of benzene rings is 1. The number of hydrogen-bond donors (Lipinski definition) is 2. The summed E-state index contributed by atoms with van der Waals surface area (Å²) in [5.41, 5.74) is 2.76. The molecule has 3 heteroatoms. The number of piperidine rings is 1. The zero-order valence-electron chi connectivity index (χ0n) is 13.0. The highest BCUT2D eigenvalue weighted by Crippen LogP contribution is 2.22. The van der Waals surface area contributed by atoms with Crippen molar-refractivity contribution < 1.29 is 5.11 Å². The van der Waals surface area contributed by atoms with Gasteiger partial charge in [-0.1, -0.05) is 31.2 Å². The summed E-state index contributed by atoms with van der Waals surface area (Å²) in [6.45, 7) is 7.46. The second kappa shape index (κ2) is 7.21. The third-order valence-electron chi connectivity index (χ3n) is 4.59. The summed E-state index contributed by atoms with van der Waals surface area (Å²) in [5.74, 6) is 0.398. The molecule has 0 bridgehead atoms. The molecule has 112 valence electrons. The van der Waals surface area contributed by atoms with E-state index in [0.717, 1.165) is 32.5 Å². The van der Waals surface area contributed by atoms with Crippen LogP contribution >= 0.6 is 0 Å². The predicted molar refractivity (Wildman–Crippen MR) is 83.8 cm³/mol. The van der Waals surface area contributed by atoms with E-state index in [1.54, 1.807) is 0 Å². The molecule has 1 aliphatic heterocycles. The number of nitrogens with one attached hydrogen (secondary N) is 1. The zero-order valence-corrected chi connectivity index (χ0v) is 13.0. The fourth-order valence-electron chi connectivity index (χ4n) is 3.17. The molecular formula is C17H28N2O. The van der Waals surface area contributed by atoms with Crippen LogP contribution in [0.5, 0.6) is 0 Å². The van der Waals surface area contributed by atoms with E-state index >= 15 is 0 Å². The van der Waals surface area contributed by atoms with E-state index in [1.165, 1.54) is 11.1 Å².